The lowest BCUT2D eigenvalue weighted by Gasteiger charge is -2.10. The third kappa shape index (κ3) is 3.56. The molecule has 0 heterocycles. The van der Waals surface area contributed by atoms with Crippen LogP contribution in [0.1, 0.15) is 21.5 Å². The molecular formula is C11H11F3OS. The number of benzene rings is 1. The van der Waals surface area contributed by atoms with Crippen LogP contribution in [0.2, 0.25) is 0 Å². The summed E-state index contributed by atoms with van der Waals surface area (Å²) in [5.41, 5.74) is 1.98. The molecule has 5 heteroatoms. The summed E-state index contributed by atoms with van der Waals surface area (Å²) in [4.78, 5) is 11.2. The molecule has 0 amide bonds. The molecule has 0 N–H and O–H groups in total. The highest BCUT2D eigenvalue weighted by Crippen LogP contribution is 2.30. The summed E-state index contributed by atoms with van der Waals surface area (Å²) in [6.45, 7) is 3.50. The lowest BCUT2D eigenvalue weighted by molar-refractivity contribution is -0.105. The molecule has 0 saturated heterocycles. The first-order valence-electron chi connectivity index (χ1n) is 4.59. The van der Waals surface area contributed by atoms with Crippen LogP contribution in [0, 0.1) is 13.8 Å². The molecule has 1 nitrogen and oxygen atoms in total. The minimum Gasteiger partial charge on any atom is -0.298 e. The van der Waals surface area contributed by atoms with Crippen molar-refractivity contribution in [2.24, 2.45) is 0 Å². The number of carbonyl (C=O) groups is 1. The van der Waals surface area contributed by atoms with Gasteiger partial charge in [0.05, 0.1) is 5.75 Å². The van der Waals surface area contributed by atoms with E-state index in [4.69, 9.17) is 0 Å². The fourth-order valence-corrected chi connectivity index (χ4v) is 2.11. The van der Waals surface area contributed by atoms with Crippen LogP contribution < -0.4 is 0 Å². The van der Waals surface area contributed by atoms with Crippen LogP contribution >= 0.6 is 11.8 Å². The summed E-state index contributed by atoms with van der Waals surface area (Å²) in [5, 5.41) is 0. The van der Waals surface area contributed by atoms with E-state index in [-0.39, 0.29) is 0 Å². The van der Waals surface area contributed by atoms with Gasteiger partial charge in [0, 0.05) is 10.5 Å². The normalized spacial score (nSPS) is 11.6. The molecule has 0 spiro atoms. The van der Waals surface area contributed by atoms with Crippen molar-refractivity contribution in [3.05, 3.63) is 28.8 Å². The van der Waals surface area contributed by atoms with Crippen molar-refractivity contribution >= 4 is 18.0 Å². The van der Waals surface area contributed by atoms with Gasteiger partial charge in [0.15, 0.2) is 0 Å². The molecule has 16 heavy (non-hydrogen) atoms. The summed E-state index contributed by atoms with van der Waals surface area (Å²) >= 11 is 0.708. The summed E-state index contributed by atoms with van der Waals surface area (Å²) in [7, 11) is 0. The summed E-state index contributed by atoms with van der Waals surface area (Å²) in [6.07, 6.45) is -3.53. The molecular weight excluding hydrogens is 237 g/mol. The number of thioether (sulfide) groups is 1. The van der Waals surface area contributed by atoms with Gasteiger partial charge in [-0.05, 0) is 31.0 Å². The van der Waals surface area contributed by atoms with Crippen LogP contribution in [0.25, 0.3) is 0 Å². The first kappa shape index (κ1) is 13.1. The zero-order valence-electron chi connectivity index (χ0n) is 8.89. The lowest BCUT2D eigenvalue weighted by atomic mass is 10.1. The van der Waals surface area contributed by atoms with E-state index in [1.807, 2.05) is 0 Å². The molecule has 0 saturated carbocycles. The van der Waals surface area contributed by atoms with Crippen LogP contribution in [0.15, 0.2) is 17.0 Å². The Balaban J connectivity index is 2.92. The average molecular weight is 248 g/mol. The Hall–Kier alpha value is -0.970. The molecule has 0 aliphatic carbocycles. The van der Waals surface area contributed by atoms with Crippen molar-refractivity contribution in [1.82, 2.24) is 0 Å². The molecule has 0 unspecified atom stereocenters. The van der Waals surface area contributed by atoms with Crippen molar-refractivity contribution in [1.29, 1.82) is 0 Å². The van der Waals surface area contributed by atoms with E-state index >= 15 is 0 Å². The molecule has 0 bridgehead atoms. The number of hydrogen-bond donors (Lipinski definition) is 0. The number of carbonyl (C=O) groups excluding carboxylic acids is 1. The van der Waals surface area contributed by atoms with Crippen molar-refractivity contribution in [3.8, 4) is 0 Å². The molecule has 1 rings (SSSR count). The molecule has 0 fully saturated rings. The van der Waals surface area contributed by atoms with E-state index in [9.17, 15) is 18.0 Å². The van der Waals surface area contributed by atoms with E-state index in [2.05, 4.69) is 0 Å². The Kier molecular flexibility index (Phi) is 4.02. The molecule has 0 radical (unpaired) electrons. The zero-order chi connectivity index (χ0) is 12.3. The van der Waals surface area contributed by atoms with Crippen molar-refractivity contribution < 1.29 is 18.0 Å². The van der Waals surface area contributed by atoms with Gasteiger partial charge in [-0.15, -0.1) is 11.8 Å². The summed E-state index contributed by atoms with van der Waals surface area (Å²) < 4.78 is 36.1. The highest BCUT2D eigenvalue weighted by Gasteiger charge is 2.27. The number of hydrogen-bond acceptors (Lipinski definition) is 2. The Morgan fingerprint density at radius 2 is 1.88 bits per heavy atom. The second-order valence-corrected chi connectivity index (χ2v) is 4.51. The van der Waals surface area contributed by atoms with Crippen LogP contribution in [0.5, 0.6) is 0 Å². The van der Waals surface area contributed by atoms with Crippen LogP contribution in [-0.4, -0.2) is 18.2 Å². The van der Waals surface area contributed by atoms with Crippen molar-refractivity contribution in [2.75, 3.05) is 5.75 Å². The Morgan fingerprint density at radius 3 is 2.38 bits per heavy atom. The first-order valence-corrected chi connectivity index (χ1v) is 5.58. The molecule has 0 aromatic heterocycles. The Labute approximate surface area is 96.0 Å². The van der Waals surface area contributed by atoms with Gasteiger partial charge in [0.1, 0.15) is 6.29 Å². The second kappa shape index (κ2) is 4.91. The maximum atomic E-state index is 12.0. The monoisotopic (exact) mass is 248 g/mol. The van der Waals surface area contributed by atoms with Crippen molar-refractivity contribution in [2.45, 2.75) is 24.9 Å². The molecule has 1 aromatic rings. The summed E-state index contributed by atoms with van der Waals surface area (Å²) in [5.74, 6) is -0.935. The number of halogens is 3. The molecule has 0 aliphatic rings. The summed E-state index contributed by atoms with van der Waals surface area (Å²) in [6, 6.07) is 3.23. The Bertz CT molecular complexity index is 399. The molecule has 1 aromatic carbocycles. The fourth-order valence-electron chi connectivity index (χ4n) is 1.29. The molecule has 0 aliphatic heterocycles. The topological polar surface area (TPSA) is 17.1 Å². The molecule has 88 valence electrons. The first-order chi connectivity index (χ1) is 7.33. The SMILES string of the molecule is Cc1cc(C)c(SCC(F)(F)F)cc1C=O. The second-order valence-electron chi connectivity index (χ2n) is 3.50. The van der Waals surface area contributed by atoms with Gasteiger partial charge in [-0.1, -0.05) is 6.07 Å². The maximum absolute atomic E-state index is 12.0. The fraction of sp³-hybridized carbons (Fsp3) is 0.364. The smallest absolute Gasteiger partial charge is 0.298 e. The number of alkyl halides is 3. The van der Waals surface area contributed by atoms with Crippen molar-refractivity contribution in [3.63, 3.8) is 0 Å². The minimum absolute atomic E-state index is 0.440. The maximum Gasteiger partial charge on any atom is 0.398 e. The minimum atomic E-state index is -4.19. The van der Waals surface area contributed by atoms with E-state index < -0.39 is 11.9 Å². The quantitative estimate of drug-likeness (QED) is 0.598. The average Bonchev–Trinajstić information content (AvgIpc) is 2.15. The van der Waals surface area contributed by atoms with Gasteiger partial charge < -0.3 is 0 Å². The number of rotatable bonds is 3. The standard InChI is InChI=1S/C11H11F3OS/c1-7-3-8(2)10(4-9(7)5-15)16-6-11(12,13)14/h3-5H,6H2,1-2H3. The van der Waals surface area contributed by atoms with Gasteiger partial charge in [-0.2, -0.15) is 13.2 Å². The number of aryl methyl sites for hydroxylation is 2. The van der Waals surface area contributed by atoms with E-state index in [1.54, 1.807) is 19.9 Å². The van der Waals surface area contributed by atoms with Gasteiger partial charge in [-0.25, -0.2) is 0 Å². The van der Waals surface area contributed by atoms with E-state index in [0.717, 1.165) is 11.1 Å². The largest absolute Gasteiger partial charge is 0.398 e. The highest BCUT2D eigenvalue weighted by molar-refractivity contribution is 7.99. The van der Waals surface area contributed by atoms with Crippen LogP contribution in [-0.2, 0) is 0 Å². The Morgan fingerprint density at radius 1 is 1.25 bits per heavy atom. The van der Waals surface area contributed by atoms with Crippen LogP contribution in [0.3, 0.4) is 0 Å². The third-order valence-corrected chi connectivity index (χ3v) is 3.30. The van der Waals surface area contributed by atoms with E-state index in [0.29, 0.717) is 28.5 Å². The lowest BCUT2D eigenvalue weighted by Crippen LogP contribution is -2.10. The zero-order valence-corrected chi connectivity index (χ0v) is 9.71. The predicted molar refractivity (Wildman–Crippen MR) is 58.1 cm³/mol. The third-order valence-electron chi connectivity index (χ3n) is 2.08. The van der Waals surface area contributed by atoms with Gasteiger partial charge in [0.25, 0.3) is 0 Å². The predicted octanol–water partition coefficient (Wildman–Crippen LogP) is 3.77. The molecule has 0 atom stereocenters. The van der Waals surface area contributed by atoms with E-state index in [1.165, 1.54) is 6.07 Å². The van der Waals surface area contributed by atoms with Crippen LogP contribution in [0.4, 0.5) is 13.2 Å². The highest BCUT2D eigenvalue weighted by atomic mass is 32.2. The number of aldehydes is 1. The van der Waals surface area contributed by atoms with Gasteiger partial charge >= 0.3 is 6.18 Å². The van der Waals surface area contributed by atoms with Gasteiger partial charge in [-0.3, -0.25) is 4.79 Å². The van der Waals surface area contributed by atoms with Gasteiger partial charge in [0.2, 0.25) is 0 Å².